The van der Waals surface area contributed by atoms with Crippen LogP contribution in [0.15, 0.2) is 12.1 Å². The van der Waals surface area contributed by atoms with E-state index < -0.39 is 11.6 Å². The summed E-state index contributed by atoms with van der Waals surface area (Å²) in [6.45, 7) is 0. The van der Waals surface area contributed by atoms with E-state index in [1.807, 2.05) is 0 Å². The molecule has 1 aromatic rings. The van der Waals surface area contributed by atoms with Crippen molar-refractivity contribution >= 4 is 23.1 Å². The number of carbonyl (C=O) groups excluding carboxylic acids is 1. The molecule has 0 saturated carbocycles. The molecule has 0 aliphatic heterocycles. The van der Waals surface area contributed by atoms with Gasteiger partial charge in [-0.2, -0.15) is 0 Å². The number of carbonyl (C=O) groups is 1. The van der Waals surface area contributed by atoms with Crippen LogP contribution in [0.5, 0.6) is 5.75 Å². The van der Waals surface area contributed by atoms with Gasteiger partial charge in [0.05, 0.1) is 18.6 Å². The Morgan fingerprint density at radius 3 is 2.71 bits per heavy atom. The van der Waals surface area contributed by atoms with E-state index >= 15 is 0 Å². The number of nitrogen functional groups attached to an aromatic ring is 1. The fourth-order valence-corrected chi connectivity index (χ4v) is 1.21. The van der Waals surface area contributed by atoms with E-state index in [1.54, 1.807) is 0 Å². The molecule has 0 heterocycles. The van der Waals surface area contributed by atoms with Crippen molar-refractivity contribution in [3.05, 3.63) is 23.5 Å². The zero-order chi connectivity index (χ0) is 10.7. The number of anilines is 1. The van der Waals surface area contributed by atoms with E-state index in [0.717, 1.165) is 6.07 Å². The number of ketones is 1. The molecule has 14 heavy (non-hydrogen) atoms. The zero-order valence-electron chi connectivity index (χ0n) is 7.51. The second kappa shape index (κ2) is 4.28. The Kier molecular flexibility index (Phi) is 3.30. The average Bonchev–Trinajstić information content (AvgIpc) is 2.16. The highest BCUT2D eigenvalue weighted by Gasteiger charge is 2.15. The summed E-state index contributed by atoms with van der Waals surface area (Å²) < 4.78 is 18.1. The monoisotopic (exact) mass is 217 g/mol. The number of halogens is 2. The number of alkyl halides is 1. The molecule has 3 nitrogen and oxygen atoms in total. The number of hydrogen-bond donors (Lipinski definition) is 1. The molecule has 2 N–H and O–H groups in total. The van der Waals surface area contributed by atoms with Crippen LogP contribution < -0.4 is 10.5 Å². The van der Waals surface area contributed by atoms with Crippen LogP contribution in [-0.2, 0) is 0 Å². The molecule has 0 aliphatic carbocycles. The van der Waals surface area contributed by atoms with Crippen molar-refractivity contribution in [3.8, 4) is 5.75 Å². The summed E-state index contributed by atoms with van der Waals surface area (Å²) in [6, 6.07) is 2.47. The molecule has 1 aromatic carbocycles. The molecule has 0 amide bonds. The highest BCUT2D eigenvalue weighted by molar-refractivity contribution is 6.31. The van der Waals surface area contributed by atoms with E-state index in [0.29, 0.717) is 0 Å². The van der Waals surface area contributed by atoms with Gasteiger partial charge < -0.3 is 10.5 Å². The highest BCUT2D eigenvalue weighted by atomic mass is 35.5. The van der Waals surface area contributed by atoms with Gasteiger partial charge in [-0.3, -0.25) is 4.79 Å². The van der Waals surface area contributed by atoms with Crippen LogP contribution in [0.2, 0.25) is 0 Å². The topological polar surface area (TPSA) is 52.3 Å². The van der Waals surface area contributed by atoms with Crippen molar-refractivity contribution in [2.45, 2.75) is 0 Å². The molecule has 0 aliphatic rings. The van der Waals surface area contributed by atoms with Gasteiger partial charge in [0.15, 0.2) is 5.78 Å². The van der Waals surface area contributed by atoms with Gasteiger partial charge in [-0.1, -0.05) is 0 Å². The van der Waals surface area contributed by atoms with Crippen molar-refractivity contribution < 1.29 is 13.9 Å². The number of methoxy groups -OCH3 is 1. The minimum atomic E-state index is -0.715. The minimum Gasteiger partial charge on any atom is -0.497 e. The number of ether oxygens (including phenoxy) is 1. The Morgan fingerprint density at radius 1 is 1.64 bits per heavy atom. The molecule has 0 atom stereocenters. The van der Waals surface area contributed by atoms with Crippen LogP contribution in [0.1, 0.15) is 10.4 Å². The third kappa shape index (κ3) is 1.96. The van der Waals surface area contributed by atoms with Crippen LogP contribution in [0, 0.1) is 5.82 Å². The van der Waals surface area contributed by atoms with Gasteiger partial charge in [0.25, 0.3) is 0 Å². The third-order valence-electron chi connectivity index (χ3n) is 1.73. The van der Waals surface area contributed by atoms with Gasteiger partial charge in [-0.25, -0.2) is 4.39 Å². The van der Waals surface area contributed by atoms with Crippen molar-refractivity contribution in [1.82, 2.24) is 0 Å². The Labute approximate surface area is 85.6 Å². The Morgan fingerprint density at radius 2 is 2.29 bits per heavy atom. The van der Waals surface area contributed by atoms with Gasteiger partial charge in [-0.05, 0) is 0 Å². The fourth-order valence-electron chi connectivity index (χ4n) is 1.08. The maximum absolute atomic E-state index is 13.3. The first-order valence-corrected chi connectivity index (χ1v) is 4.35. The molecule has 0 bridgehead atoms. The highest BCUT2D eigenvalue weighted by Crippen LogP contribution is 2.24. The second-order valence-corrected chi connectivity index (χ2v) is 2.90. The lowest BCUT2D eigenvalue weighted by atomic mass is 10.1. The maximum Gasteiger partial charge on any atom is 0.182 e. The SMILES string of the molecule is COc1cc(N)c(C(=O)CCl)c(F)c1. The summed E-state index contributed by atoms with van der Waals surface area (Å²) in [5.74, 6) is -1.28. The van der Waals surface area contributed by atoms with Crippen LogP contribution in [0.3, 0.4) is 0 Å². The predicted molar refractivity (Wildman–Crippen MR) is 52.4 cm³/mol. The molecular formula is C9H9ClFNO2. The standard InChI is InChI=1S/C9H9ClFNO2/c1-14-5-2-6(11)9(7(12)3-5)8(13)4-10/h2-3H,4,12H2,1H3. The lowest BCUT2D eigenvalue weighted by Gasteiger charge is -2.07. The number of Topliss-reactive ketones (excluding diaryl/α,β-unsaturated/α-hetero) is 1. The molecule has 76 valence electrons. The molecule has 0 radical (unpaired) electrons. The predicted octanol–water partition coefficient (Wildman–Crippen LogP) is 1.84. The first kappa shape index (κ1) is 10.8. The largest absolute Gasteiger partial charge is 0.497 e. The van der Waals surface area contributed by atoms with Crippen molar-refractivity contribution in [1.29, 1.82) is 0 Å². The van der Waals surface area contributed by atoms with Crippen LogP contribution in [0.25, 0.3) is 0 Å². The normalized spacial score (nSPS) is 9.93. The number of rotatable bonds is 3. The number of hydrogen-bond acceptors (Lipinski definition) is 3. The molecule has 0 unspecified atom stereocenters. The second-order valence-electron chi connectivity index (χ2n) is 2.63. The molecule has 1 rings (SSSR count). The van der Waals surface area contributed by atoms with Gasteiger partial charge in [0, 0.05) is 17.8 Å². The first-order valence-electron chi connectivity index (χ1n) is 3.82. The van der Waals surface area contributed by atoms with Gasteiger partial charge >= 0.3 is 0 Å². The van der Waals surface area contributed by atoms with Crippen molar-refractivity contribution in [2.75, 3.05) is 18.7 Å². The van der Waals surface area contributed by atoms with E-state index in [9.17, 15) is 9.18 Å². The van der Waals surface area contributed by atoms with E-state index in [-0.39, 0.29) is 22.9 Å². The molecule has 0 aromatic heterocycles. The van der Waals surface area contributed by atoms with Crippen LogP contribution in [0.4, 0.5) is 10.1 Å². The number of nitrogens with two attached hydrogens (primary N) is 1. The van der Waals surface area contributed by atoms with Gasteiger partial charge in [0.1, 0.15) is 11.6 Å². The molecule has 0 saturated heterocycles. The molecule has 5 heteroatoms. The molecular weight excluding hydrogens is 209 g/mol. The molecule has 0 fully saturated rings. The zero-order valence-corrected chi connectivity index (χ0v) is 8.27. The first-order chi connectivity index (χ1) is 6.60. The smallest absolute Gasteiger partial charge is 0.182 e. The van der Waals surface area contributed by atoms with E-state index in [1.165, 1.54) is 13.2 Å². The number of benzene rings is 1. The van der Waals surface area contributed by atoms with Crippen molar-refractivity contribution in [3.63, 3.8) is 0 Å². The summed E-state index contributed by atoms with van der Waals surface area (Å²) in [4.78, 5) is 11.2. The van der Waals surface area contributed by atoms with Crippen LogP contribution in [-0.4, -0.2) is 18.8 Å². The lowest BCUT2D eigenvalue weighted by molar-refractivity contribution is 0.101. The molecule has 0 spiro atoms. The quantitative estimate of drug-likeness (QED) is 0.478. The summed E-state index contributed by atoms with van der Waals surface area (Å²) in [5, 5.41) is 0. The fraction of sp³-hybridized carbons (Fsp3) is 0.222. The van der Waals surface area contributed by atoms with Crippen molar-refractivity contribution in [2.24, 2.45) is 0 Å². The van der Waals surface area contributed by atoms with E-state index in [2.05, 4.69) is 0 Å². The Bertz CT molecular complexity index is 345. The summed E-state index contributed by atoms with van der Waals surface area (Å²) in [6.07, 6.45) is 0. The minimum absolute atomic E-state index is 0.0347. The lowest BCUT2D eigenvalue weighted by Crippen LogP contribution is -2.08. The summed E-state index contributed by atoms with van der Waals surface area (Å²) in [5.41, 5.74) is 5.33. The Hall–Kier alpha value is -1.29. The Balaban J connectivity index is 3.25. The van der Waals surface area contributed by atoms with Crippen LogP contribution >= 0.6 is 11.6 Å². The van der Waals surface area contributed by atoms with Gasteiger partial charge in [-0.15, -0.1) is 11.6 Å². The van der Waals surface area contributed by atoms with Gasteiger partial charge in [0.2, 0.25) is 0 Å². The maximum atomic E-state index is 13.3. The summed E-state index contributed by atoms with van der Waals surface area (Å²) in [7, 11) is 1.39. The van der Waals surface area contributed by atoms with E-state index in [4.69, 9.17) is 22.1 Å². The summed E-state index contributed by atoms with van der Waals surface area (Å²) >= 11 is 5.30. The third-order valence-corrected chi connectivity index (χ3v) is 1.97. The average molecular weight is 218 g/mol.